The Balaban J connectivity index is 1.61. The third kappa shape index (κ3) is 3.14. The maximum atomic E-state index is 12.8. The smallest absolute Gasteiger partial charge is 0.253 e. The average molecular weight is 351 g/mol. The van der Waals surface area contributed by atoms with E-state index in [4.69, 9.17) is 4.74 Å². The minimum absolute atomic E-state index is 0.0958. The lowest BCUT2D eigenvalue weighted by molar-refractivity contribution is -0.128. The molecule has 2 aliphatic rings. The SMILES string of the molecule is CC(C)c1cccc(-c2n[nH]c3c2CN(C(=O)C2=COCCC2)CC3)c1. The lowest BCUT2D eigenvalue weighted by atomic mass is 9.96. The summed E-state index contributed by atoms with van der Waals surface area (Å²) in [5.41, 5.74) is 6.45. The highest BCUT2D eigenvalue weighted by Crippen LogP contribution is 2.31. The molecule has 2 aromatic rings. The molecule has 0 bridgehead atoms. The molecule has 1 aromatic carbocycles. The Morgan fingerprint density at radius 2 is 2.19 bits per heavy atom. The van der Waals surface area contributed by atoms with Crippen LogP contribution in [0.4, 0.5) is 0 Å². The number of aromatic amines is 1. The van der Waals surface area contributed by atoms with Crippen molar-refractivity contribution in [3.05, 3.63) is 52.9 Å². The molecule has 0 saturated heterocycles. The molecule has 4 rings (SSSR count). The van der Waals surface area contributed by atoms with Gasteiger partial charge in [0.1, 0.15) is 0 Å². The highest BCUT2D eigenvalue weighted by Gasteiger charge is 2.28. The number of benzene rings is 1. The van der Waals surface area contributed by atoms with Crippen molar-refractivity contribution < 1.29 is 9.53 Å². The van der Waals surface area contributed by atoms with Gasteiger partial charge < -0.3 is 9.64 Å². The summed E-state index contributed by atoms with van der Waals surface area (Å²) in [5.74, 6) is 0.569. The Morgan fingerprint density at radius 1 is 1.31 bits per heavy atom. The van der Waals surface area contributed by atoms with Crippen molar-refractivity contribution in [1.82, 2.24) is 15.1 Å². The van der Waals surface area contributed by atoms with Gasteiger partial charge in [-0.2, -0.15) is 5.10 Å². The van der Waals surface area contributed by atoms with Crippen LogP contribution in [0.25, 0.3) is 11.3 Å². The van der Waals surface area contributed by atoms with E-state index in [1.165, 1.54) is 5.56 Å². The summed E-state index contributed by atoms with van der Waals surface area (Å²) in [7, 11) is 0. The molecule has 0 saturated carbocycles. The molecule has 2 aliphatic heterocycles. The molecule has 1 N–H and O–H groups in total. The van der Waals surface area contributed by atoms with Crippen LogP contribution in [0.1, 0.15) is 49.4 Å². The van der Waals surface area contributed by atoms with Crippen molar-refractivity contribution in [2.75, 3.05) is 13.2 Å². The Hall–Kier alpha value is -2.56. The van der Waals surface area contributed by atoms with Crippen LogP contribution in [-0.2, 0) is 22.5 Å². The number of hydrogen-bond acceptors (Lipinski definition) is 3. The summed E-state index contributed by atoms with van der Waals surface area (Å²) < 4.78 is 5.35. The van der Waals surface area contributed by atoms with Gasteiger partial charge in [-0.3, -0.25) is 9.89 Å². The molecule has 1 amide bonds. The topological polar surface area (TPSA) is 58.2 Å². The first kappa shape index (κ1) is 16.9. The second kappa shape index (κ2) is 6.98. The van der Waals surface area contributed by atoms with Gasteiger partial charge in [0, 0.05) is 36.3 Å². The first-order valence-corrected chi connectivity index (χ1v) is 9.40. The zero-order valence-corrected chi connectivity index (χ0v) is 15.4. The van der Waals surface area contributed by atoms with E-state index in [0.29, 0.717) is 19.1 Å². The number of H-pyrrole nitrogens is 1. The van der Waals surface area contributed by atoms with Crippen LogP contribution in [-0.4, -0.2) is 34.2 Å². The van der Waals surface area contributed by atoms with Gasteiger partial charge in [-0.25, -0.2) is 0 Å². The summed E-state index contributed by atoms with van der Waals surface area (Å²) in [6.45, 7) is 6.41. The Labute approximate surface area is 154 Å². The molecular formula is C21H25N3O2. The lowest BCUT2D eigenvalue weighted by Gasteiger charge is -2.29. The van der Waals surface area contributed by atoms with E-state index < -0.39 is 0 Å². The Morgan fingerprint density at radius 3 is 2.96 bits per heavy atom. The molecule has 0 unspecified atom stereocenters. The van der Waals surface area contributed by atoms with Gasteiger partial charge in [-0.05, 0) is 30.4 Å². The fourth-order valence-corrected chi connectivity index (χ4v) is 3.68. The van der Waals surface area contributed by atoms with Crippen molar-refractivity contribution in [1.29, 1.82) is 0 Å². The molecule has 0 fully saturated rings. The molecule has 3 heterocycles. The number of carbonyl (C=O) groups excluding carboxylic acids is 1. The van der Waals surface area contributed by atoms with Crippen molar-refractivity contribution >= 4 is 5.91 Å². The molecular weight excluding hydrogens is 326 g/mol. The highest BCUT2D eigenvalue weighted by molar-refractivity contribution is 5.93. The quantitative estimate of drug-likeness (QED) is 0.915. The van der Waals surface area contributed by atoms with E-state index in [1.54, 1.807) is 6.26 Å². The van der Waals surface area contributed by atoms with E-state index in [1.807, 2.05) is 4.90 Å². The third-order valence-corrected chi connectivity index (χ3v) is 5.26. The summed E-state index contributed by atoms with van der Waals surface area (Å²) >= 11 is 0. The molecule has 0 spiro atoms. The number of hydrogen-bond donors (Lipinski definition) is 1. The average Bonchev–Trinajstić information content (AvgIpc) is 3.11. The van der Waals surface area contributed by atoms with E-state index in [0.717, 1.165) is 53.9 Å². The Bertz CT molecular complexity index is 851. The summed E-state index contributed by atoms with van der Waals surface area (Å²) in [5, 5.41) is 7.76. The predicted molar refractivity (Wildman–Crippen MR) is 101 cm³/mol. The summed E-state index contributed by atoms with van der Waals surface area (Å²) in [6, 6.07) is 8.54. The van der Waals surface area contributed by atoms with Gasteiger partial charge in [-0.15, -0.1) is 0 Å². The normalized spacial score (nSPS) is 16.9. The molecule has 136 valence electrons. The molecule has 0 aliphatic carbocycles. The van der Waals surface area contributed by atoms with E-state index in [-0.39, 0.29) is 5.91 Å². The number of rotatable bonds is 3. The predicted octanol–water partition coefficient (Wildman–Crippen LogP) is 3.78. The molecule has 0 radical (unpaired) electrons. The van der Waals surface area contributed by atoms with Gasteiger partial charge in [0.25, 0.3) is 5.91 Å². The van der Waals surface area contributed by atoms with Crippen LogP contribution >= 0.6 is 0 Å². The van der Waals surface area contributed by atoms with Crippen LogP contribution in [0.15, 0.2) is 36.1 Å². The zero-order valence-electron chi connectivity index (χ0n) is 15.4. The van der Waals surface area contributed by atoms with Gasteiger partial charge in [0.15, 0.2) is 0 Å². The fourth-order valence-electron chi connectivity index (χ4n) is 3.68. The maximum absolute atomic E-state index is 12.8. The third-order valence-electron chi connectivity index (χ3n) is 5.26. The molecule has 5 heteroatoms. The monoisotopic (exact) mass is 351 g/mol. The van der Waals surface area contributed by atoms with E-state index in [2.05, 4.69) is 48.3 Å². The maximum Gasteiger partial charge on any atom is 0.253 e. The number of nitrogens with one attached hydrogen (secondary N) is 1. The van der Waals surface area contributed by atoms with Crippen LogP contribution in [0.3, 0.4) is 0 Å². The van der Waals surface area contributed by atoms with Crippen LogP contribution < -0.4 is 0 Å². The number of aromatic nitrogens is 2. The molecule has 1 aromatic heterocycles. The lowest BCUT2D eigenvalue weighted by Crippen LogP contribution is -2.37. The summed E-state index contributed by atoms with van der Waals surface area (Å²) in [6.07, 6.45) is 4.17. The number of ether oxygens (including phenoxy) is 1. The minimum Gasteiger partial charge on any atom is -0.501 e. The van der Waals surface area contributed by atoms with Gasteiger partial charge in [0.05, 0.1) is 24.1 Å². The first-order valence-electron chi connectivity index (χ1n) is 9.40. The zero-order chi connectivity index (χ0) is 18.1. The molecule has 0 atom stereocenters. The van der Waals surface area contributed by atoms with E-state index in [9.17, 15) is 4.79 Å². The largest absolute Gasteiger partial charge is 0.501 e. The fraction of sp³-hybridized carbons (Fsp3) is 0.429. The van der Waals surface area contributed by atoms with Gasteiger partial charge in [0.2, 0.25) is 0 Å². The second-order valence-electron chi connectivity index (χ2n) is 7.40. The van der Waals surface area contributed by atoms with Crippen molar-refractivity contribution in [2.45, 2.75) is 45.6 Å². The van der Waals surface area contributed by atoms with Crippen LogP contribution in [0.2, 0.25) is 0 Å². The number of carbonyl (C=O) groups is 1. The van der Waals surface area contributed by atoms with Gasteiger partial charge >= 0.3 is 0 Å². The Kier molecular flexibility index (Phi) is 4.53. The first-order chi connectivity index (χ1) is 12.6. The van der Waals surface area contributed by atoms with Gasteiger partial charge in [-0.1, -0.05) is 32.0 Å². The van der Waals surface area contributed by atoms with Crippen molar-refractivity contribution in [3.63, 3.8) is 0 Å². The van der Waals surface area contributed by atoms with Crippen LogP contribution in [0, 0.1) is 0 Å². The van der Waals surface area contributed by atoms with Crippen LogP contribution in [0.5, 0.6) is 0 Å². The number of nitrogens with zero attached hydrogens (tertiary/aromatic N) is 2. The minimum atomic E-state index is 0.0958. The standard InChI is InChI=1S/C21H25N3O2/c1-14(2)15-5-3-6-16(11-15)20-18-12-24(9-8-19(18)22-23-20)21(25)17-7-4-10-26-13-17/h3,5-6,11,13-14H,4,7-10,12H2,1-2H3,(H,22,23). The number of amides is 1. The highest BCUT2D eigenvalue weighted by atomic mass is 16.5. The molecule has 26 heavy (non-hydrogen) atoms. The van der Waals surface area contributed by atoms with E-state index >= 15 is 0 Å². The molecule has 5 nitrogen and oxygen atoms in total. The second-order valence-corrected chi connectivity index (χ2v) is 7.40. The summed E-state index contributed by atoms with van der Waals surface area (Å²) in [4.78, 5) is 14.7. The van der Waals surface area contributed by atoms with Crippen molar-refractivity contribution in [3.8, 4) is 11.3 Å². The number of fused-ring (bicyclic) bond motifs is 1. The van der Waals surface area contributed by atoms with Crippen molar-refractivity contribution in [2.24, 2.45) is 0 Å².